The molecule has 134 valence electrons. The fraction of sp³-hybridized carbons (Fsp3) is 0.0526. The maximum Gasteiger partial charge on any atom is 0.573 e. The fourth-order valence-electron chi connectivity index (χ4n) is 2.44. The van der Waals surface area contributed by atoms with E-state index in [1.807, 2.05) is 0 Å². The molecule has 0 aliphatic heterocycles. The third-order valence-corrected chi connectivity index (χ3v) is 3.62. The van der Waals surface area contributed by atoms with Crippen LogP contribution >= 0.6 is 0 Å². The van der Waals surface area contributed by atoms with E-state index in [2.05, 4.69) is 4.74 Å². The zero-order valence-electron chi connectivity index (χ0n) is 12.9. The molecule has 7 heteroatoms. The fourth-order valence-corrected chi connectivity index (χ4v) is 2.44. The summed E-state index contributed by atoms with van der Waals surface area (Å²) in [4.78, 5) is 0. The topological polar surface area (TPSA) is 9.23 Å². The van der Waals surface area contributed by atoms with E-state index in [9.17, 15) is 26.3 Å². The minimum absolute atomic E-state index is 0.0738. The second-order valence-corrected chi connectivity index (χ2v) is 5.40. The molecule has 0 bridgehead atoms. The van der Waals surface area contributed by atoms with Crippen molar-refractivity contribution >= 4 is 0 Å². The first-order valence-electron chi connectivity index (χ1n) is 7.34. The van der Waals surface area contributed by atoms with Gasteiger partial charge in [-0.05, 0) is 47.0 Å². The Morgan fingerprint density at radius 3 is 1.73 bits per heavy atom. The van der Waals surface area contributed by atoms with Crippen molar-refractivity contribution in [1.29, 1.82) is 0 Å². The summed E-state index contributed by atoms with van der Waals surface area (Å²) >= 11 is 0. The Morgan fingerprint density at radius 1 is 0.577 bits per heavy atom. The highest BCUT2D eigenvalue weighted by Gasteiger charge is 2.30. The molecule has 0 amide bonds. The van der Waals surface area contributed by atoms with Gasteiger partial charge in [-0.1, -0.05) is 30.3 Å². The van der Waals surface area contributed by atoms with E-state index in [0.29, 0.717) is 11.1 Å². The van der Waals surface area contributed by atoms with Crippen LogP contribution in [-0.4, -0.2) is 6.36 Å². The van der Waals surface area contributed by atoms with E-state index in [4.69, 9.17) is 0 Å². The van der Waals surface area contributed by atoms with Gasteiger partial charge in [0.15, 0.2) is 11.6 Å². The average molecular weight is 368 g/mol. The second kappa shape index (κ2) is 6.74. The average Bonchev–Trinajstić information content (AvgIpc) is 2.57. The first kappa shape index (κ1) is 17.8. The lowest BCUT2D eigenvalue weighted by atomic mass is 9.99. The van der Waals surface area contributed by atoms with E-state index in [0.717, 1.165) is 30.3 Å². The van der Waals surface area contributed by atoms with Crippen LogP contribution in [0.5, 0.6) is 5.75 Å². The third-order valence-electron chi connectivity index (χ3n) is 3.62. The third kappa shape index (κ3) is 3.99. The smallest absolute Gasteiger partial charge is 0.406 e. The van der Waals surface area contributed by atoms with Crippen molar-refractivity contribution in [1.82, 2.24) is 0 Å². The maximum atomic E-state index is 14.4. The molecule has 1 nitrogen and oxygen atoms in total. The summed E-state index contributed by atoms with van der Waals surface area (Å²) < 4.78 is 80.9. The van der Waals surface area contributed by atoms with Crippen LogP contribution in [0, 0.1) is 17.5 Å². The van der Waals surface area contributed by atoms with Crippen molar-refractivity contribution in [3.8, 4) is 28.0 Å². The molecule has 0 atom stereocenters. The van der Waals surface area contributed by atoms with Crippen LogP contribution in [0.25, 0.3) is 22.3 Å². The number of halogens is 6. The van der Waals surface area contributed by atoms with Crippen molar-refractivity contribution in [2.75, 3.05) is 0 Å². The highest BCUT2D eigenvalue weighted by atomic mass is 19.4. The number of benzene rings is 3. The van der Waals surface area contributed by atoms with Gasteiger partial charge in [0, 0.05) is 5.56 Å². The SMILES string of the molecule is Fc1ccc(-c2ccc(-c3ccc(OC(F)(F)F)cc3)cc2F)cc1F. The van der Waals surface area contributed by atoms with Gasteiger partial charge in [-0.3, -0.25) is 0 Å². The molecule has 0 unspecified atom stereocenters. The summed E-state index contributed by atoms with van der Waals surface area (Å²) in [6.07, 6.45) is -4.79. The van der Waals surface area contributed by atoms with Crippen LogP contribution in [0.15, 0.2) is 60.7 Å². The van der Waals surface area contributed by atoms with Crippen LogP contribution in [0.4, 0.5) is 26.3 Å². The molecule has 0 aromatic heterocycles. The predicted octanol–water partition coefficient (Wildman–Crippen LogP) is 6.34. The van der Waals surface area contributed by atoms with Gasteiger partial charge < -0.3 is 4.74 Å². The molecule has 0 saturated carbocycles. The van der Waals surface area contributed by atoms with Gasteiger partial charge >= 0.3 is 6.36 Å². The first-order valence-corrected chi connectivity index (χ1v) is 7.34. The molecule has 0 fully saturated rings. The van der Waals surface area contributed by atoms with Crippen molar-refractivity contribution in [2.24, 2.45) is 0 Å². The Labute approximate surface area is 144 Å². The molecule has 0 aliphatic carbocycles. The molecule has 3 aromatic carbocycles. The maximum absolute atomic E-state index is 14.4. The van der Waals surface area contributed by atoms with Crippen molar-refractivity contribution < 1.29 is 31.1 Å². The normalized spacial score (nSPS) is 11.5. The van der Waals surface area contributed by atoms with Crippen LogP contribution in [0.3, 0.4) is 0 Å². The Hall–Kier alpha value is -2.96. The second-order valence-electron chi connectivity index (χ2n) is 5.40. The Morgan fingerprint density at radius 2 is 1.15 bits per heavy atom. The lowest BCUT2D eigenvalue weighted by molar-refractivity contribution is -0.274. The van der Waals surface area contributed by atoms with Gasteiger partial charge in [-0.2, -0.15) is 0 Å². The van der Waals surface area contributed by atoms with Gasteiger partial charge in [-0.15, -0.1) is 13.2 Å². The lowest BCUT2D eigenvalue weighted by Gasteiger charge is -2.10. The monoisotopic (exact) mass is 368 g/mol. The van der Waals surface area contributed by atoms with Crippen molar-refractivity contribution in [3.05, 3.63) is 78.1 Å². The minimum atomic E-state index is -4.79. The molecule has 0 heterocycles. The van der Waals surface area contributed by atoms with Gasteiger partial charge in [0.1, 0.15) is 11.6 Å². The van der Waals surface area contributed by atoms with Gasteiger partial charge in [0.25, 0.3) is 0 Å². The molecular formula is C19H10F6O. The number of hydrogen-bond acceptors (Lipinski definition) is 1. The summed E-state index contributed by atoms with van der Waals surface area (Å²) in [5.41, 5.74) is 1.12. The number of rotatable bonds is 3. The number of ether oxygens (including phenoxy) is 1. The van der Waals surface area contributed by atoms with Crippen LogP contribution in [-0.2, 0) is 0 Å². The first-order chi connectivity index (χ1) is 12.2. The van der Waals surface area contributed by atoms with E-state index < -0.39 is 23.8 Å². The van der Waals surface area contributed by atoms with Gasteiger partial charge in [0.2, 0.25) is 0 Å². The molecule has 0 N–H and O–H groups in total. The molecule has 3 aromatic rings. The molecule has 0 spiro atoms. The van der Waals surface area contributed by atoms with Crippen molar-refractivity contribution in [2.45, 2.75) is 6.36 Å². The van der Waals surface area contributed by atoms with Crippen LogP contribution in [0.2, 0.25) is 0 Å². The summed E-state index contributed by atoms with van der Waals surface area (Å²) in [7, 11) is 0. The zero-order chi connectivity index (χ0) is 18.9. The zero-order valence-corrected chi connectivity index (χ0v) is 12.9. The van der Waals surface area contributed by atoms with E-state index in [1.54, 1.807) is 0 Å². The van der Waals surface area contributed by atoms with Crippen molar-refractivity contribution in [3.63, 3.8) is 0 Å². The molecule has 3 rings (SSSR count). The standard InChI is InChI=1S/C19H10F6O/c20-16-8-4-13(10-18(16)22)15-7-3-12(9-17(15)21)11-1-5-14(6-2-11)26-19(23,24)25/h1-10H. The van der Waals surface area contributed by atoms with Gasteiger partial charge in [-0.25, -0.2) is 13.2 Å². The number of hydrogen-bond donors (Lipinski definition) is 0. The summed E-state index contributed by atoms with van der Waals surface area (Å²) in [5.74, 6) is -3.19. The van der Waals surface area contributed by atoms with Gasteiger partial charge in [0.05, 0.1) is 0 Å². The van der Waals surface area contributed by atoms with E-state index in [-0.39, 0.29) is 16.9 Å². The largest absolute Gasteiger partial charge is 0.573 e. The van der Waals surface area contributed by atoms with E-state index in [1.165, 1.54) is 30.3 Å². The Kier molecular flexibility index (Phi) is 4.63. The minimum Gasteiger partial charge on any atom is -0.406 e. The Bertz CT molecular complexity index is 932. The quantitative estimate of drug-likeness (QED) is 0.491. The summed E-state index contributed by atoms with van der Waals surface area (Å²) in [6, 6.07) is 12.1. The summed E-state index contributed by atoms with van der Waals surface area (Å²) in [6.45, 7) is 0. The summed E-state index contributed by atoms with van der Waals surface area (Å²) in [5, 5.41) is 0. The number of alkyl halides is 3. The molecule has 0 radical (unpaired) electrons. The van der Waals surface area contributed by atoms with Crippen LogP contribution in [0.1, 0.15) is 0 Å². The molecular weight excluding hydrogens is 358 g/mol. The predicted molar refractivity (Wildman–Crippen MR) is 83.9 cm³/mol. The molecule has 26 heavy (non-hydrogen) atoms. The lowest BCUT2D eigenvalue weighted by Crippen LogP contribution is -2.16. The molecule has 0 aliphatic rings. The van der Waals surface area contributed by atoms with Crippen LogP contribution < -0.4 is 4.74 Å². The Balaban J connectivity index is 1.88. The highest BCUT2D eigenvalue weighted by molar-refractivity contribution is 5.71. The van der Waals surface area contributed by atoms with E-state index >= 15 is 0 Å². The highest BCUT2D eigenvalue weighted by Crippen LogP contribution is 2.30. The molecule has 0 saturated heterocycles.